The molecule has 3 N–H and O–H groups in total. The maximum Gasteiger partial charge on any atom is 0.329 e. The van der Waals surface area contributed by atoms with Crippen LogP contribution in [0.3, 0.4) is 0 Å². The van der Waals surface area contributed by atoms with Crippen molar-refractivity contribution in [2.24, 2.45) is 0 Å². The molecule has 3 rings (SSSR count). The van der Waals surface area contributed by atoms with Crippen LogP contribution in [0.2, 0.25) is 0 Å². The zero-order chi connectivity index (χ0) is 21.7. The van der Waals surface area contributed by atoms with E-state index in [4.69, 9.17) is 0 Å². The van der Waals surface area contributed by atoms with Gasteiger partial charge in [0.15, 0.2) is 0 Å². The van der Waals surface area contributed by atoms with E-state index < -0.39 is 0 Å². The van der Waals surface area contributed by atoms with Gasteiger partial charge in [-0.2, -0.15) is 0 Å². The quantitative estimate of drug-likeness (QED) is 0.558. The topological polar surface area (TPSA) is 97.2 Å². The lowest BCUT2D eigenvalue weighted by molar-refractivity contribution is -0.116. The van der Waals surface area contributed by atoms with E-state index in [1.54, 1.807) is 33.4 Å². The molecule has 30 heavy (non-hydrogen) atoms. The third-order valence-electron chi connectivity index (χ3n) is 4.67. The van der Waals surface area contributed by atoms with Gasteiger partial charge in [0.1, 0.15) is 0 Å². The number of hydrogen-bond donors (Lipinski definition) is 3. The molecule has 0 aliphatic heterocycles. The molecule has 2 aromatic carbocycles. The average molecular weight is 409 g/mol. The molecular weight excluding hydrogens is 382 g/mol. The molecule has 0 radical (unpaired) electrons. The SMILES string of the molecule is CCn1c(=O)n(CCC(=O)Nc2ccccc2NC(=O)NC(C)C)c2ccccc21. The minimum atomic E-state index is -0.342. The maximum absolute atomic E-state index is 12.7. The summed E-state index contributed by atoms with van der Waals surface area (Å²) in [6.07, 6.45) is 0.129. The minimum Gasteiger partial charge on any atom is -0.336 e. The highest BCUT2D eigenvalue weighted by Gasteiger charge is 2.14. The van der Waals surface area contributed by atoms with Gasteiger partial charge in [-0.25, -0.2) is 9.59 Å². The number of fused-ring (bicyclic) bond motifs is 1. The molecule has 0 bridgehead atoms. The Morgan fingerprint density at radius 2 is 1.47 bits per heavy atom. The van der Waals surface area contributed by atoms with Crippen LogP contribution in [0, 0.1) is 0 Å². The monoisotopic (exact) mass is 409 g/mol. The van der Waals surface area contributed by atoms with Crippen LogP contribution in [-0.4, -0.2) is 27.1 Å². The molecule has 8 nitrogen and oxygen atoms in total. The summed E-state index contributed by atoms with van der Waals surface area (Å²) in [5.74, 6) is -0.242. The number of urea groups is 1. The lowest BCUT2D eigenvalue weighted by Gasteiger charge is -2.14. The third kappa shape index (κ3) is 4.71. The third-order valence-corrected chi connectivity index (χ3v) is 4.67. The van der Waals surface area contributed by atoms with E-state index in [0.29, 0.717) is 17.9 Å². The predicted molar refractivity (Wildman–Crippen MR) is 119 cm³/mol. The van der Waals surface area contributed by atoms with Crippen molar-refractivity contribution < 1.29 is 9.59 Å². The number of nitrogens with zero attached hydrogens (tertiary/aromatic N) is 2. The normalized spacial score (nSPS) is 10.9. The van der Waals surface area contributed by atoms with Crippen LogP contribution in [0.25, 0.3) is 11.0 Å². The number of hydrogen-bond acceptors (Lipinski definition) is 3. The van der Waals surface area contributed by atoms with Gasteiger partial charge in [0, 0.05) is 25.6 Å². The number of carbonyl (C=O) groups excluding carboxylic acids is 2. The summed E-state index contributed by atoms with van der Waals surface area (Å²) in [6.45, 7) is 6.48. The van der Waals surface area contributed by atoms with Gasteiger partial charge < -0.3 is 16.0 Å². The first-order valence-electron chi connectivity index (χ1n) is 10.0. The smallest absolute Gasteiger partial charge is 0.329 e. The first kappa shape index (κ1) is 21.2. The van der Waals surface area contributed by atoms with Crippen molar-refractivity contribution in [3.8, 4) is 0 Å². The molecule has 1 aromatic heterocycles. The highest BCUT2D eigenvalue weighted by atomic mass is 16.2. The lowest BCUT2D eigenvalue weighted by atomic mass is 10.2. The second-order valence-electron chi connectivity index (χ2n) is 7.26. The van der Waals surface area contributed by atoms with Crippen molar-refractivity contribution in [3.63, 3.8) is 0 Å². The molecule has 0 aliphatic carbocycles. The van der Waals surface area contributed by atoms with Crippen LogP contribution < -0.4 is 21.6 Å². The van der Waals surface area contributed by atoms with Crippen LogP contribution in [0.4, 0.5) is 16.2 Å². The minimum absolute atomic E-state index is 0.00434. The fraction of sp³-hybridized carbons (Fsp3) is 0.318. The van der Waals surface area contributed by atoms with Gasteiger partial charge in [0.05, 0.1) is 22.4 Å². The van der Waals surface area contributed by atoms with Crippen LogP contribution in [-0.2, 0) is 17.9 Å². The molecule has 0 aliphatic rings. The maximum atomic E-state index is 12.7. The van der Waals surface area contributed by atoms with Gasteiger partial charge in [-0.1, -0.05) is 24.3 Å². The zero-order valence-corrected chi connectivity index (χ0v) is 17.4. The number of aromatic nitrogens is 2. The average Bonchev–Trinajstić information content (AvgIpc) is 2.98. The van der Waals surface area contributed by atoms with E-state index in [2.05, 4.69) is 16.0 Å². The highest BCUT2D eigenvalue weighted by Crippen LogP contribution is 2.21. The summed E-state index contributed by atoms with van der Waals surface area (Å²) < 4.78 is 3.32. The standard InChI is InChI=1S/C22H27N5O3/c1-4-26-18-11-7-8-12-19(18)27(22(26)30)14-13-20(28)24-16-9-5-6-10-17(16)25-21(29)23-15(2)3/h5-12,15H,4,13-14H2,1-3H3,(H,24,28)(H2,23,25,29). The number of imidazole rings is 1. The molecule has 1 heterocycles. The van der Waals surface area contributed by atoms with E-state index in [1.165, 1.54) is 0 Å². The molecule has 0 unspecified atom stereocenters. The molecule has 0 saturated carbocycles. The summed E-state index contributed by atoms with van der Waals surface area (Å²) in [4.78, 5) is 37.2. The Hall–Kier alpha value is -3.55. The molecule has 3 aromatic rings. The van der Waals surface area contributed by atoms with E-state index in [9.17, 15) is 14.4 Å². The number of nitrogens with one attached hydrogen (secondary N) is 3. The zero-order valence-electron chi connectivity index (χ0n) is 17.4. The van der Waals surface area contributed by atoms with Gasteiger partial charge in [-0.15, -0.1) is 0 Å². The van der Waals surface area contributed by atoms with Gasteiger partial charge in [-0.3, -0.25) is 13.9 Å². The highest BCUT2D eigenvalue weighted by molar-refractivity contribution is 5.99. The number of carbonyl (C=O) groups is 2. The Morgan fingerprint density at radius 3 is 2.07 bits per heavy atom. The van der Waals surface area contributed by atoms with Crippen molar-refractivity contribution in [3.05, 3.63) is 59.0 Å². The molecular formula is C22H27N5O3. The van der Waals surface area contributed by atoms with Crippen LogP contribution >= 0.6 is 0 Å². The number of benzene rings is 2. The number of amides is 3. The summed E-state index contributed by atoms with van der Waals surface area (Å²) >= 11 is 0. The van der Waals surface area contributed by atoms with Crippen LogP contribution in [0.5, 0.6) is 0 Å². The van der Waals surface area contributed by atoms with Gasteiger partial charge in [0.2, 0.25) is 5.91 Å². The number of anilines is 2. The molecule has 158 valence electrons. The second-order valence-corrected chi connectivity index (χ2v) is 7.26. The van der Waals surface area contributed by atoms with Crippen molar-refractivity contribution >= 4 is 34.3 Å². The Morgan fingerprint density at radius 1 is 0.900 bits per heavy atom. The molecule has 0 fully saturated rings. The molecule has 0 spiro atoms. The number of rotatable bonds is 7. The van der Waals surface area contributed by atoms with Crippen LogP contribution in [0.1, 0.15) is 27.2 Å². The van der Waals surface area contributed by atoms with Crippen molar-refractivity contribution in [2.45, 2.75) is 46.3 Å². The largest absolute Gasteiger partial charge is 0.336 e. The molecule has 8 heteroatoms. The van der Waals surface area contributed by atoms with Crippen LogP contribution in [0.15, 0.2) is 53.3 Å². The van der Waals surface area contributed by atoms with Crippen molar-refractivity contribution in [2.75, 3.05) is 10.6 Å². The summed E-state index contributed by atoms with van der Waals surface area (Å²) in [6, 6.07) is 14.2. The number of aryl methyl sites for hydroxylation is 2. The summed E-state index contributed by atoms with van der Waals surface area (Å²) in [5, 5.41) is 8.31. The molecule has 0 saturated heterocycles. The van der Waals surface area contributed by atoms with E-state index >= 15 is 0 Å². The van der Waals surface area contributed by atoms with Gasteiger partial charge in [0.25, 0.3) is 0 Å². The van der Waals surface area contributed by atoms with E-state index in [-0.39, 0.29) is 36.6 Å². The Kier molecular flexibility index (Phi) is 6.56. The van der Waals surface area contributed by atoms with Crippen molar-refractivity contribution in [1.29, 1.82) is 0 Å². The van der Waals surface area contributed by atoms with Gasteiger partial charge in [-0.05, 0) is 45.0 Å². The lowest BCUT2D eigenvalue weighted by Crippen LogP contribution is -2.34. The first-order chi connectivity index (χ1) is 14.4. The predicted octanol–water partition coefficient (Wildman–Crippen LogP) is 3.38. The fourth-order valence-corrected chi connectivity index (χ4v) is 3.34. The summed E-state index contributed by atoms with van der Waals surface area (Å²) in [5.41, 5.74) is 2.55. The Bertz CT molecular complexity index is 1110. The van der Waals surface area contributed by atoms with E-state index in [0.717, 1.165) is 11.0 Å². The summed E-state index contributed by atoms with van der Waals surface area (Å²) in [7, 11) is 0. The van der Waals surface area contributed by atoms with Gasteiger partial charge >= 0.3 is 11.7 Å². The van der Waals surface area contributed by atoms with E-state index in [1.807, 2.05) is 45.0 Å². The van der Waals surface area contributed by atoms with Crippen molar-refractivity contribution in [1.82, 2.24) is 14.5 Å². The molecule has 3 amide bonds. The Labute approximate surface area is 174 Å². The first-order valence-corrected chi connectivity index (χ1v) is 10.0. The molecule has 0 atom stereocenters. The fourth-order valence-electron chi connectivity index (χ4n) is 3.34. The second kappa shape index (κ2) is 9.30. The Balaban J connectivity index is 1.71. The number of para-hydroxylation sites is 4.